The summed E-state index contributed by atoms with van der Waals surface area (Å²) in [4.78, 5) is 40.6. The normalized spacial score (nSPS) is 27.7. The van der Waals surface area contributed by atoms with Gasteiger partial charge in [0.05, 0.1) is 35.8 Å². The molecule has 1 fully saturated rings. The summed E-state index contributed by atoms with van der Waals surface area (Å²) < 4.78 is 5.26. The van der Waals surface area contributed by atoms with Crippen molar-refractivity contribution in [1.82, 2.24) is 4.90 Å². The molecule has 1 saturated heterocycles. The van der Waals surface area contributed by atoms with Crippen LogP contribution in [0.15, 0.2) is 36.4 Å². The van der Waals surface area contributed by atoms with Gasteiger partial charge in [-0.1, -0.05) is 42.8 Å². The summed E-state index contributed by atoms with van der Waals surface area (Å²) in [5, 5.41) is 12.7. The molecule has 1 aliphatic heterocycles. The second-order valence-electron chi connectivity index (χ2n) is 7.51. The minimum absolute atomic E-state index is 0.00657. The van der Waals surface area contributed by atoms with E-state index in [1.165, 1.54) is 4.90 Å². The zero-order valence-corrected chi connectivity index (χ0v) is 17.8. The molecule has 0 aromatic heterocycles. The Hall–Kier alpha value is -2.38. The van der Waals surface area contributed by atoms with E-state index >= 15 is 0 Å². The number of anilines is 1. The smallest absolute Gasteiger partial charge is 0.310 e. The zero-order valence-electron chi connectivity index (χ0n) is 17.1. The third-order valence-corrected chi connectivity index (χ3v) is 6.21. The maximum absolute atomic E-state index is 13.3. The molecular weight excluding hydrogens is 408 g/mol. The monoisotopic (exact) mass is 434 g/mol. The first kappa shape index (κ1) is 22.3. The first-order valence-electron chi connectivity index (χ1n) is 10.3. The standard InChI is InChI=1S/C22H27ClN2O5/c1-3-13-9-10-14-18(17(13)22(29)30-4-2)21(28)25(11-12-26)19(14)20(27)24-16-8-6-5-7-15(16)23/h5-10,13-14,17-19,26H,3-4,11-12H2,1-2H3,(H,24,27)/t13-,14+,17-,18-,19+/m1/s1. The lowest BCUT2D eigenvalue weighted by atomic mass is 9.69. The summed E-state index contributed by atoms with van der Waals surface area (Å²) in [5.74, 6) is -3.13. The predicted octanol–water partition coefficient (Wildman–Crippen LogP) is 2.49. The number of hydrogen-bond donors (Lipinski definition) is 2. The van der Waals surface area contributed by atoms with Gasteiger partial charge in [0.15, 0.2) is 0 Å². The molecule has 2 aliphatic rings. The van der Waals surface area contributed by atoms with Crippen LogP contribution in [0.1, 0.15) is 20.3 Å². The number of carbonyl (C=O) groups is 3. The number of ether oxygens (including phenoxy) is 1. The summed E-state index contributed by atoms with van der Waals surface area (Å²) in [6.07, 6.45) is 4.45. The number of fused-ring (bicyclic) bond motifs is 1. The molecule has 0 unspecified atom stereocenters. The van der Waals surface area contributed by atoms with E-state index in [0.29, 0.717) is 17.1 Å². The van der Waals surface area contributed by atoms with Crippen molar-refractivity contribution in [1.29, 1.82) is 0 Å². The first-order chi connectivity index (χ1) is 14.4. The topological polar surface area (TPSA) is 95.9 Å². The number of rotatable bonds is 7. The molecule has 1 aliphatic carbocycles. The molecule has 1 aromatic carbocycles. The number of allylic oxidation sites excluding steroid dienone is 1. The van der Waals surface area contributed by atoms with Gasteiger partial charge < -0.3 is 20.1 Å². The van der Waals surface area contributed by atoms with Gasteiger partial charge in [-0.25, -0.2) is 0 Å². The van der Waals surface area contributed by atoms with Crippen molar-refractivity contribution in [3.05, 3.63) is 41.4 Å². The number of β-amino-alcohol motifs (C(OH)–C–C–N with tert-alkyl or cyclic N) is 1. The number of amides is 2. The third-order valence-electron chi connectivity index (χ3n) is 5.88. The maximum Gasteiger partial charge on any atom is 0.310 e. The maximum atomic E-state index is 13.3. The van der Waals surface area contributed by atoms with Crippen LogP contribution in [0, 0.1) is 23.7 Å². The van der Waals surface area contributed by atoms with Crippen LogP contribution in [-0.2, 0) is 19.1 Å². The Balaban J connectivity index is 1.96. The van der Waals surface area contributed by atoms with Gasteiger partial charge in [-0.2, -0.15) is 0 Å². The Morgan fingerprint density at radius 2 is 1.97 bits per heavy atom. The molecule has 2 amide bonds. The number of benzene rings is 1. The number of nitrogens with zero attached hydrogens (tertiary/aromatic N) is 1. The van der Waals surface area contributed by atoms with Crippen molar-refractivity contribution >= 4 is 35.1 Å². The highest BCUT2D eigenvalue weighted by Gasteiger charge is 2.57. The van der Waals surface area contributed by atoms with Crippen molar-refractivity contribution < 1.29 is 24.2 Å². The molecule has 7 nitrogen and oxygen atoms in total. The molecule has 1 aromatic rings. The van der Waals surface area contributed by atoms with Crippen molar-refractivity contribution in [3.8, 4) is 0 Å². The number of esters is 1. The van der Waals surface area contributed by atoms with E-state index in [1.54, 1.807) is 31.2 Å². The molecule has 162 valence electrons. The van der Waals surface area contributed by atoms with Crippen LogP contribution < -0.4 is 5.32 Å². The summed E-state index contributed by atoms with van der Waals surface area (Å²) in [7, 11) is 0. The fraction of sp³-hybridized carbons (Fsp3) is 0.500. The molecule has 0 saturated carbocycles. The van der Waals surface area contributed by atoms with Crippen LogP contribution in [0.25, 0.3) is 0 Å². The molecule has 1 heterocycles. The van der Waals surface area contributed by atoms with Gasteiger partial charge in [0, 0.05) is 12.5 Å². The van der Waals surface area contributed by atoms with Gasteiger partial charge in [0.1, 0.15) is 6.04 Å². The van der Waals surface area contributed by atoms with Gasteiger partial charge >= 0.3 is 5.97 Å². The summed E-state index contributed by atoms with van der Waals surface area (Å²) in [6, 6.07) is 5.99. The number of likely N-dealkylation sites (tertiary alicyclic amines) is 1. The lowest BCUT2D eigenvalue weighted by Gasteiger charge is -2.33. The van der Waals surface area contributed by atoms with Gasteiger partial charge in [-0.15, -0.1) is 0 Å². The average Bonchev–Trinajstić information content (AvgIpc) is 3.01. The van der Waals surface area contributed by atoms with Crippen LogP contribution in [0.2, 0.25) is 5.02 Å². The predicted molar refractivity (Wildman–Crippen MR) is 113 cm³/mol. The Labute approximate surface area is 181 Å². The van der Waals surface area contributed by atoms with Gasteiger partial charge in [-0.3, -0.25) is 14.4 Å². The van der Waals surface area contributed by atoms with E-state index in [-0.39, 0.29) is 31.6 Å². The van der Waals surface area contributed by atoms with Gasteiger partial charge in [0.2, 0.25) is 11.8 Å². The first-order valence-corrected chi connectivity index (χ1v) is 10.6. The van der Waals surface area contributed by atoms with Crippen LogP contribution in [-0.4, -0.2) is 53.6 Å². The minimum Gasteiger partial charge on any atom is -0.466 e. The van der Waals surface area contributed by atoms with Gasteiger partial charge in [-0.05, 0) is 31.4 Å². The second-order valence-corrected chi connectivity index (χ2v) is 7.91. The van der Waals surface area contributed by atoms with Crippen molar-refractivity contribution in [3.63, 3.8) is 0 Å². The Morgan fingerprint density at radius 3 is 2.60 bits per heavy atom. The van der Waals surface area contributed by atoms with E-state index < -0.39 is 35.7 Å². The molecular formula is C22H27ClN2O5. The molecule has 0 radical (unpaired) electrons. The Bertz CT molecular complexity index is 843. The average molecular weight is 435 g/mol. The molecule has 3 rings (SSSR count). The number of aliphatic hydroxyl groups is 1. The number of halogens is 1. The van der Waals surface area contributed by atoms with Gasteiger partial charge in [0.25, 0.3) is 0 Å². The Morgan fingerprint density at radius 1 is 1.23 bits per heavy atom. The van der Waals surface area contributed by atoms with Crippen LogP contribution in [0.5, 0.6) is 0 Å². The van der Waals surface area contributed by atoms with E-state index in [2.05, 4.69) is 5.32 Å². The molecule has 30 heavy (non-hydrogen) atoms. The van der Waals surface area contributed by atoms with Crippen molar-refractivity contribution in [2.75, 3.05) is 25.1 Å². The molecule has 2 N–H and O–H groups in total. The van der Waals surface area contributed by atoms with E-state index in [0.717, 1.165) is 0 Å². The van der Waals surface area contributed by atoms with Crippen LogP contribution >= 0.6 is 11.6 Å². The summed E-state index contributed by atoms with van der Waals surface area (Å²) in [6.45, 7) is 3.62. The molecule has 5 atom stereocenters. The third kappa shape index (κ3) is 4.09. The van der Waals surface area contributed by atoms with Crippen LogP contribution in [0.4, 0.5) is 5.69 Å². The SMILES string of the molecule is CCOC(=O)[C@H]1[C@@H]2C(=O)N(CCO)[C@H](C(=O)Nc3ccccc3Cl)[C@H]2C=C[C@H]1CC. The van der Waals surface area contributed by atoms with Crippen LogP contribution in [0.3, 0.4) is 0 Å². The quantitative estimate of drug-likeness (QED) is 0.507. The fourth-order valence-electron chi connectivity index (χ4n) is 4.56. The number of hydrogen-bond acceptors (Lipinski definition) is 5. The molecule has 0 bridgehead atoms. The summed E-state index contributed by atoms with van der Waals surface area (Å²) >= 11 is 6.17. The van der Waals surface area contributed by atoms with E-state index in [4.69, 9.17) is 16.3 Å². The number of nitrogens with one attached hydrogen (secondary N) is 1. The number of carbonyl (C=O) groups excluding carboxylic acids is 3. The molecule has 8 heteroatoms. The van der Waals surface area contributed by atoms with E-state index in [1.807, 2.05) is 19.1 Å². The highest BCUT2D eigenvalue weighted by atomic mass is 35.5. The Kier molecular flexibility index (Phi) is 7.15. The minimum atomic E-state index is -0.850. The van der Waals surface area contributed by atoms with Crippen molar-refractivity contribution in [2.45, 2.75) is 26.3 Å². The number of aliphatic hydroxyl groups excluding tert-OH is 1. The number of para-hydroxylation sites is 1. The summed E-state index contributed by atoms with van der Waals surface area (Å²) in [5.41, 5.74) is 0.442. The second kappa shape index (κ2) is 9.62. The zero-order chi connectivity index (χ0) is 21.8. The fourth-order valence-corrected chi connectivity index (χ4v) is 4.75. The lowest BCUT2D eigenvalue weighted by molar-refractivity contribution is -0.155. The lowest BCUT2D eigenvalue weighted by Crippen LogP contribution is -2.45. The largest absolute Gasteiger partial charge is 0.466 e. The highest BCUT2D eigenvalue weighted by molar-refractivity contribution is 6.33. The molecule has 0 spiro atoms. The van der Waals surface area contributed by atoms with Crippen molar-refractivity contribution in [2.24, 2.45) is 23.7 Å². The highest BCUT2D eigenvalue weighted by Crippen LogP contribution is 2.45. The van der Waals surface area contributed by atoms with E-state index in [9.17, 15) is 19.5 Å².